The molecule has 0 radical (unpaired) electrons. The molecule has 1 saturated carbocycles. The third-order valence-corrected chi connectivity index (χ3v) is 6.35. The number of carbonyl (C=O) groups is 2. The van der Waals surface area contributed by atoms with Crippen LogP contribution in [-0.2, 0) is 23.9 Å². The van der Waals surface area contributed by atoms with Gasteiger partial charge in [0.25, 0.3) is 0 Å². The lowest BCUT2D eigenvalue weighted by Gasteiger charge is -2.32. The van der Waals surface area contributed by atoms with E-state index in [4.69, 9.17) is 14.3 Å². The predicted molar refractivity (Wildman–Crippen MR) is 127 cm³/mol. The number of ether oxygens (including phenoxy) is 2. The Morgan fingerprint density at radius 3 is 2.56 bits per heavy atom. The number of Topliss-reactive ketones (excluding diaryl/α,β-unsaturated/α-hetero) is 1. The summed E-state index contributed by atoms with van der Waals surface area (Å²) >= 11 is 0. The first-order valence-electron chi connectivity index (χ1n) is 12.7. The second kappa shape index (κ2) is 12.7. The maximum absolute atomic E-state index is 12.9. The predicted octanol–water partition coefficient (Wildman–Crippen LogP) is 5.72. The zero-order valence-electron chi connectivity index (χ0n) is 21.2. The number of rotatable bonds is 13. The Balaban J connectivity index is 2.07. The molecule has 4 atom stereocenters. The number of fused-ring (bicyclic) bond motifs is 1. The van der Waals surface area contributed by atoms with Crippen LogP contribution in [0.3, 0.4) is 0 Å². The number of hydrogen-bond acceptors (Lipinski definition) is 6. The highest BCUT2D eigenvalue weighted by atomic mass is 16.6. The van der Waals surface area contributed by atoms with Crippen LogP contribution >= 0.6 is 0 Å². The fourth-order valence-corrected chi connectivity index (χ4v) is 4.67. The van der Waals surface area contributed by atoms with E-state index in [-0.39, 0.29) is 36.1 Å². The molecule has 0 saturated heterocycles. The summed E-state index contributed by atoms with van der Waals surface area (Å²) in [6, 6.07) is 0. The molecule has 1 fully saturated rings. The first-order chi connectivity index (χ1) is 15.1. The van der Waals surface area contributed by atoms with Gasteiger partial charge in [-0.05, 0) is 58.8 Å². The second-order valence-corrected chi connectivity index (χ2v) is 10.9. The monoisotopic (exact) mass is 451 g/mol. The van der Waals surface area contributed by atoms with Crippen LogP contribution in [0, 0.1) is 23.7 Å². The minimum absolute atomic E-state index is 0.151. The first-order valence-corrected chi connectivity index (χ1v) is 12.7. The van der Waals surface area contributed by atoms with Gasteiger partial charge in [0.05, 0.1) is 18.1 Å². The van der Waals surface area contributed by atoms with Gasteiger partial charge in [-0.15, -0.1) is 0 Å². The molecule has 6 nitrogen and oxygen atoms in total. The molecule has 0 aromatic heterocycles. The third-order valence-electron chi connectivity index (χ3n) is 6.35. The molecule has 0 bridgehead atoms. The van der Waals surface area contributed by atoms with Gasteiger partial charge in [0.15, 0.2) is 0 Å². The SMILES string of the molecule is CCCCOCCC[C@@H](CC(=O)OC(C)(C)C)C1=NOC2C(CCC(C)C)CCC(=O)C12. The Morgan fingerprint density at radius 1 is 1.19 bits per heavy atom. The van der Waals surface area contributed by atoms with Gasteiger partial charge in [0.2, 0.25) is 0 Å². The quantitative estimate of drug-likeness (QED) is 0.264. The van der Waals surface area contributed by atoms with Gasteiger partial charge in [0.1, 0.15) is 17.5 Å². The summed E-state index contributed by atoms with van der Waals surface area (Å²) in [6.45, 7) is 13.6. The van der Waals surface area contributed by atoms with Crippen molar-refractivity contribution in [2.75, 3.05) is 13.2 Å². The number of ketones is 1. The van der Waals surface area contributed by atoms with E-state index in [0.717, 1.165) is 57.3 Å². The lowest BCUT2D eigenvalue weighted by atomic mass is 9.71. The topological polar surface area (TPSA) is 74.2 Å². The average Bonchev–Trinajstić information content (AvgIpc) is 3.14. The minimum Gasteiger partial charge on any atom is -0.460 e. The minimum atomic E-state index is -0.538. The molecule has 2 rings (SSSR count). The van der Waals surface area contributed by atoms with Crippen molar-refractivity contribution < 1.29 is 23.9 Å². The van der Waals surface area contributed by atoms with Gasteiger partial charge in [-0.25, -0.2) is 0 Å². The standard InChI is InChI=1S/C26H45NO5/c1-7-8-15-30-16-9-10-20(17-22(29)31-26(4,5)6)24-23-21(28)14-13-19(12-11-18(2)3)25(23)32-27-24/h18-20,23,25H,7-17H2,1-6H3/t19?,20-,23?,25?/m0/s1. The van der Waals surface area contributed by atoms with Crippen LogP contribution in [0.2, 0.25) is 0 Å². The van der Waals surface area contributed by atoms with Crippen LogP contribution in [0.1, 0.15) is 99.3 Å². The van der Waals surface area contributed by atoms with Crippen LogP contribution in [0.5, 0.6) is 0 Å². The number of esters is 1. The fraction of sp³-hybridized carbons (Fsp3) is 0.885. The molecule has 1 aliphatic carbocycles. The number of oxime groups is 1. The Kier molecular flexibility index (Phi) is 10.7. The molecular weight excluding hydrogens is 406 g/mol. The maximum Gasteiger partial charge on any atom is 0.306 e. The fourth-order valence-electron chi connectivity index (χ4n) is 4.67. The van der Waals surface area contributed by atoms with Crippen molar-refractivity contribution in [3.05, 3.63) is 0 Å². The lowest BCUT2D eigenvalue weighted by molar-refractivity contribution is -0.155. The molecule has 0 aromatic rings. The molecule has 0 amide bonds. The Hall–Kier alpha value is -1.43. The normalized spacial score (nSPS) is 24.2. The van der Waals surface area contributed by atoms with E-state index in [1.807, 2.05) is 20.8 Å². The molecule has 1 aliphatic heterocycles. The van der Waals surface area contributed by atoms with Crippen LogP contribution < -0.4 is 0 Å². The molecular formula is C26H45NO5. The van der Waals surface area contributed by atoms with Crippen molar-refractivity contribution in [2.24, 2.45) is 28.8 Å². The highest BCUT2D eigenvalue weighted by Gasteiger charge is 2.49. The van der Waals surface area contributed by atoms with Crippen LogP contribution in [0.15, 0.2) is 5.16 Å². The first kappa shape index (κ1) is 26.8. The highest BCUT2D eigenvalue weighted by molar-refractivity contribution is 6.08. The number of hydrogen-bond donors (Lipinski definition) is 0. The zero-order chi connectivity index (χ0) is 23.7. The summed E-state index contributed by atoms with van der Waals surface area (Å²) in [5.41, 5.74) is 0.220. The van der Waals surface area contributed by atoms with Crippen molar-refractivity contribution in [1.29, 1.82) is 0 Å². The average molecular weight is 452 g/mol. The van der Waals surface area contributed by atoms with Crippen molar-refractivity contribution >= 4 is 17.5 Å². The zero-order valence-corrected chi connectivity index (χ0v) is 21.2. The van der Waals surface area contributed by atoms with E-state index >= 15 is 0 Å². The molecule has 3 unspecified atom stereocenters. The van der Waals surface area contributed by atoms with Gasteiger partial charge >= 0.3 is 5.97 Å². The summed E-state index contributed by atoms with van der Waals surface area (Å²) in [5.74, 6) is 0.471. The van der Waals surface area contributed by atoms with Gasteiger partial charge in [0, 0.05) is 31.5 Å². The summed E-state index contributed by atoms with van der Waals surface area (Å²) in [4.78, 5) is 31.5. The van der Waals surface area contributed by atoms with Crippen molar-refractivity contribution in [3.8, 4) is 0 Å². The summed E-state index contributed by atoms with van der Waals surface area (Å²) in [7, 11) is 0. The van der Waals surface area contributed by atoms with E-state index < -0.39 is 5.60 Å². The molecule has 2 aliphatic rings. The van der Waals surface area contributed by atoms with Crippen LogP contribution in [-0.4, -0.2) is 42.4 Å². The van der Waals surface area contributed by atoms with E-state index in [0.29, 0.717) is 24.9 Å². The lowest BCUT2D eigenvalue weighted by Crippen LogP contribution is -2.43. The molecule has 184 valence electrons. The van der Waals surface area contributed by atoms with Crippen LogP contribution in [0.25, 0.3) is 0 Å². The number of carbonyl (C=O) groups excluding carboxylic acids is 2. The largest absolute Gasteiger partial charge is 0.460 e. The van der Waals surface area contributed by atoms with Gasteiger partial charge in [-0.1, -0.05) is 38.8 Å². The summed E-state index contributed by atoms with van der Waals surface area (Å²) in [6.07, 6.45) is 7.39. The smallest absolute Gasteiger partial charge is 0.306 e. The van der Waals surface area contributed by atoms with Crippen LogP contribution in [0.4, 0.5) is 0 Å². The van der Waals surface area contributed by atoms with E-state index in [1.54, 1.807) is 0 Å². The van der Waals surface area contributed by atoms with Crippen molar-refractivity contribution in [3.63, 3.8) is 0 Å². The molecule has 1 heterocycles. The summed E-state index contributed by atoms with van der Waals surface area (Å²) < 4.78 is 11.3. The van der Waals surface area contributed by atoms with Crippen molar-refractivity contribution in [2.45, 2.75) is 111 Å². The second-order valence-electron chi connectivity index (χ2n) is 10.9. The maximum atomic E-state index is 12.9. The van der Waals surface area contributed by atoms with Gasteiger partial charge in [-0.3, -0.25) is 9.59 Å². The Labute approximate surface area is 194 Å². The molecule has 0 spiro atoms. The number of nitrogens with zero attached hydrogens (tertiary/aromatic N) is 1. The highest BCUT2D eigenvalue weighted by Crippen LogP contribution is 2.40. The van der Waals surface area contributed by atoms with E-state index in [2.05, 4.69) is 25.9 Å². The molecule has 0 N–H and O–H groups in total. The molecule has 6 heteroatoms. The summed E-state index contributed by atoms with van der Waals surface area (Å²) in [5, 5.41) is 4.43. The van der Waals surface area contributed by atoms with Gasteiger partial charge < -0.3 is 14.3 Å². The third kappa shape index (κ3) is 8.49. The number of unbranched alkanes of at least 4 members (excludes halogenated alkanes) is 1. The van der Waals surface area contributed by atoms with Crippen molar-refractivity contribution in [1.82, 2.24) is 0 Å². The van der Waals surface area contributed by atoms with E-state index in [9.17, 15) is 9.59 Å². The Morgan fingerprint density at radius 2 is 1.91 bits per heavy atom. The molecule has 32 heavy (non-hydrogen) atoms. The van der Waals surface area contributed by atoms with E-state index in [1.165, 1.54) is 0 Å². The van der Waals surface area contributed by atoms with Gasteiger partial charge in [-0.2, -0.15) is 0 Å². The molecule has 0 aromatic carbocycles. The Bertz CT molecular complexity index is 637.